The molecule has 0 aromatic carbocycles. The number of aliphatic hydroxyl groups excluding tert-OH is 9. The van der Waals surface area contributed by atoms with Gasteiger partial charge in [-0.25, -0.2) is 4.57 Å². The Hall–Kier alpha value is -4.81. The van der Waals surface area contributed by atoms with Gasteiger partial charge in [0.25, 0.3) is 0 Å². The fraction of sp³-hybridized carbons (Fsp3) is 0.881. The molecule has 20 N–H and O–H groups in total. The van der Waals surface area contributed by atoms with Gasteiger partial charge in [0, 0.05) is 122 Å². The first-order chi connectivity index (χ1) is 50.1. The minimum Gasteiger partial charge on any atom is -0.394 e. The molecule has 0 aromatic rings. The first kappa shape index (κ1) is 96.3. The lowest BCUT2D eigenvalue weighted by molar-refractivity contribution is -0.282. The van der Waals surface area contributed by atoms with E-state index in [1.807, 2.05) is 6.92 Å². The fourth-order valence-corrected chi connectivity index (χ4v) is 11.6. The van der Waals surface area contributed by atoms with Crippen molar-refractivity contribution in [2.24, 2.45) is 23.5 Å². The van der Waals surface area contributed by atoms with Gasteiger partial charge < -0.3 is 132 Å². The van der Waals surface area contributed by atoms with Gasteiger partial charge in [0.05, 0.1) is 83.8 Å². The molecule has 37 nitrogen and oxygen atoms in total. The summed E-state index contributed by atoms with van der Waals surface area (Å²) in [6, 6.07) is 0. The number of phosphoric acid groups is 1. The molecule has 3 rings (SSSR count). The summed E-state index contributed by atoms with van der Waals surface area (Å²) in [6.45, 7) is 8.31. The molecule has 0 spiro atoms. The molecule has 3 heterocycles. The van der Waals surface area contributed by atoms with Crippen molar-refractivity contribution in [3.8, 4) is 0 Å². The third-order valence-corrected chi connectivity index (χ3v) is 18.8. The summed E-state index contributed by atoms with van der Waals surface area (Å²) in [5.74, 6) is -5.05. The van der Waals surface area contributed by atoms with Crippen LogP contribution in [0.4, 0.5) is 0 Å². The lowest BCUT2D eigenvalue weighted by Gasteiger charge is -2.40. The standard InChI is InChI=1S/C60H108N8O24.C7H18NO4P/c1-5-29-86-30-10-28-67-43(72)11-6-12-50(79)68-60(19-13-44(73)61-22-7-25-64-47(76)16-31-87-57-37(2)51(80)54(83)40(34-69)90-57,20-14-45(74)62-23-8-26-65-48(77)17-32-88-58-38(3)52(81)55(84)41(35-70)91-58)21-15-46(75)63-24-9-27-66-49(78)18-33-89-59-39(4)53(82)56(85)42(36-71)92-59;1-11-13(9,10)12-7-5-3-2-4-6-8/h37-42,51-59,69-71,80-85H,5-36H2,1-4H3,(H,61,73)(H,62,74)(H,63,75)(H,64,76)(H,65,77)(H,66,78)(H,67,72)(H,68,79);2-8H2,1H3,(H,9,10)/t37?,38?,39?,40?,41?,42?,51-,52-,53-,54+,55+,56+,57-,58-,59-,60?;/m1./s1. The lowest BCUT2D eigenvalue weighted by atomic mass is 9.82. The Kier molecular flexibility index (Phi) is 50.9. The largest absolute Gasteiger partial charge is 0.471 e. The minimum absolute atomic E-state index is 0.0288. The molecular weight excluding hydrogens is 1410 g/mol. The number of nitrogens with two attached hydrogens (primary N) is 1. The molecule has 38 heteroatoms. The summed E-state index contributed by atoms with van der Waals surface area (Å²) >= 11 is 0. The highest BCUT2D eigenvalue weighted by Gasteiger charge is 2.45. The van der Waals surface area contributed by atoms with E-state index in [0.29, 0.717) is 52.0 Å². The lowest BCUT2D eigenvalue weighted by Crippen LogP contribution is -2.55. The number of hydrogen-bond acceptors (Lipinski definition) is 28. The van der Waals surface area contributed by atoms with E-state index in [9.17, 15) is 88.9 Å². The zero-order valence-electron chi connectivity index (χ0n) is 61.9. The molecule has 0 aromatic heterocycles. The van der Waals surface area contributed by atoms with Gasteiger partial charge in [-0.15, -0.1) is 0 Å². The predicted octanol–water partition coefficient (Wildman–Crippen LogP) is -3.13. The Balaban J connectivity index is 0.00000260. The van der Waals surface area contributed by atoms with Crippen molar-refractivity contribution in [3.63, 3.8) is 0 Å². The zero-order valence-corrected chi connectivity index (χ0v) is 62.8. The topological polar surface area (TPSA) is 561 Å². The monoisotopic (exact) mass is 1540 g/mol. The van der Waals surface area contributed by atoms with Gasteiger partial charge in [0.2, 0.25) is 47.3 Å². The van der Waals surface area contributed by atoms with Crippen molar-refractivity contribution < 1.29 is 136 Å². The van der Waals surface area contributed by atoms with Gasteiger partial charge in [0.15, 0.2) is 18.9 Å². The van der Waals surface area contributed by atoms with Crippen LogP contribution in [-0.4, -0.2) is 296 Å². The maximum atomic E-state index is 13.9. The van der Waals surface area contributed by atoms with Gasteiger partial charge >= 0.3 is 7.82 Å². The van der Waals surface area contributed by atoms with Gasteiger partial charge in [-0.1, -0.05) is 40.5 Å². The second-order valence-electron chi connectivity index (χ2n) is 26.4. The Morgan fingerprint density at radius 2 is 0.733 bits per heavy atom. The molecule has 16 atom stereocenters. The highest BCUT2D eigenvalue weighted by molar-refractivity contribution is 7.47. The van der Waals surface area contributed by atoms with Crippen LogP contribution in [0.25, 0.3) is 0 Å². The summed E-state index contributed by atoms with van der Waals surface area (Å²) in [5.41, 5.74) is 3.98. The SMILES string of the molecule is CCCOCCCNC(=O)CCCC(=O)NC(CCC(=O)NCCCNC(=O)CCO[C@@H]1OC(CO)[C@H](O)[C@H](O)C1C)(CCC(=O)NCCCNC(=O)CCO[C@@H]1OC(CO)[C@H](O)[C@H](O)C1C)CCC(=O)NCCCNC(=O)CCO[C@@H]1OC(CO)[C@H](O)[C@H](O)C1C.COP(=O)(O)OCCCCCCN. The second kappa shape index (κ2) is 55.6. The Morgan fingerprint density at radius 3 is 1.07 bits per heavy atom. The van der Waals surface area contributed by atoms with Crippen molar-refractivity contribution >= 4 is 55.1 Å². The quantitative estimate of drug-likeness (QED) is 0.0211. The smallest absolute Gasteiger partial charge is 0.394 e. The summed E-state index contributed by atoms with van der Waals surface area (Å²) in [4.78, 5) is 114. The molecular formula is C67H126N9O28P. The van der Waals surface area contributed by atoms with E-state index >= 15 is 0 Å². The number of rotatable bonds is 55. The normalized spacial score (nSPS) is 25.6. The van der Waals surface area contributed by atoms with Crippen molar-refractivity contribution in [1.82, 2.24) is 42.5 Å². The molecule has 3 aliphatic heterocycles. The van der Waals surface area contributed by atoms with Gasteiger partial charge in [-0.05, 0) is 77.2 Å². The third-order valence-electron chi connectivity index (χ3n) is 17.8. The van der Waals surface area contributed by atoms with E-state index in [-0.39, 0.29) is 166 Å². The van der Waals surface area contributed by atoms with Crippen molar-refractivity contribution in [3.05, 3.63) is 0 Å². The van der Waals surface area contributed by atoms with Crippen LogP contribution in [0, 0.1) is 17.8 Å². The first-order valence-electron chi connectivity index (χ1n) is 36.8. The first-order valence-corrected chi connectivity index (χ1v) is 38.3. The van der Waals surface area contributed by atoms with E-state index in [4.69, 9.17) is 43.8 Å². The Bertz CT molecular complexity index is 2310. The molecule has 105 heavy (non-hydrogen) atoms. The summed E-state index contributed by atoms with van der Waals surface area (Å²) in [7, 11) is -2.61. The average molecular weight is 1540 g/mol. The molecule has 7 unspecified atom stereocenters. The average Bonchev–Trinajstić information content (AvgIpc) is 0.832. The molecule has 0 radical (unpaired) electrons. The molecule has 3 saturated heterocycles. The summed E-state index contributed by atoms with van der Waals surface area (Å²) in [5, 5.41) is 112. The third kappa shape index (κ3) is 40.5. The maximum absolute atomic E-state index is 13.9. The molecule has 0 saturated carbocycles. The van der Waals surface area contributed by atoms with Crippen molar-refractivity contribution in [2.45, 2.75) is 242 Å². The van der Waals surface area contributed by atoms with E-state index in [1.165, 1.54) is 0 Å². The van der Waals surface area contributed by atoms with Crippen LogP contribution in [0.1, 0.15) is 163 Å². The van der Waals surface area contributed by atoms with Crippen LogP contribution in [0.5, 0.6) is 0 Å². The van der Waals surface area contributed by atoms with Crippen molar-refractivity contribution in [2.75, 3.05) is 119 Å². The second-order valence-corrected chi connectivity index (χ2v) is 28.0. The molecule has 0 bridgehead atoms. The minimum atomic E-state index is -3.75. The van der Waals surface area contributed by atoms with Crippen LogP contribution < -0.4 is 48.3 Å². The number of amides is 8. The van der Waals surface area contributed by atoms with E-state index in [1.54, 1.807) is 20.8 Å². The number of phosphoric ester groups is 1. The highest BCUT2D eigenvalue weighted by Crippen LogP contribution is 2.42. The summed E-state index contributed by atoms with van der Waals surface area (Å²) in [6.07, 6.45) is -8.10. The van der Waals surface area contributed by atoms with E-state index < -0.39 is 148 Å². The number of unbranched alkanes of at least 4 members (excludes halogenated alkanes) is 3. The number of carbonyl (C=O) groups excluding carboxylic acids is 8. The fourth-order valence-electron chi connectivity index (χ4n) is 11.2. The number of nitrogens with one attached hydrogen (secondary N) is 8. The molecule has 3 fully saturated rings. The number of carbonyl (C=O) groups is 8. The molecule has 3 aliphatic rings. The van der Waals surface area contributed by atoms with Crippen LogP contribution in [0.3, 0.4) is 0 Å². The predicted molar refractivity (Wildman–Crippen MR) is 376 cm³/mol. The van der Waals surface area contributed by atoms with Gasteiger partial charge in [-0.2, -0.15) is 0 Å². The van der Waals surface area contributed by atoms with Crippen LogP contribution in [-0.2, 0) is 85.1 Å². The van der Waals surface area contributed by atoms with E-state index in [0.717, 1.165) is 39.2 Å². The molecule has 8 amide bonds. The molecule has 612 valence electrons. The van der Waals surface area contributed by atoms with Crippen LogP contribution in [0.15, 0.2) is 0 Å². The molecule has 0 aliphatic carbocycles. The highest BCUT2D eigenvalue weighted by atomic mass is 31.2. The maximum Gasteiger partial charge on any atom is 0.471 e. The van der Waals surface area contributed by atoms with Crippen molar-refractivity contribution in [1.29, 1.82) is 0 Å². The Morgan fingerprint density at radius 1 is 0.410 bits per heavy atom. The van der Waals surface area contributed by atoms with Gasteiger partial charge in [0.1, 0.15) is 36.6 Å². The number of ether oxygens (including phenoxy) is 7. The van der Waals surface area contributed by atoms with Crippen LogP contribution >= 0.6 is 7.82 Å². The van der Waals surface area contributed by atoms with Gasteiger partial charge in [-0.3, -0.25) is 47.4 Å². The van der Waals surface area contributed by atoms with E-state index in [2.05, 4.69) is 51.6 Å². The zero-order chi connectivity index (χ0) is 78.2. The summed E-state index contributed by atoms with van der Waals surface area (Å²) < 4.78 is 58.6. The number of aliphatic hydroxyl groups is 9. The Labute approximate surface area is 615 Å². The number of hydrogen-bond donors (Lipinski definition) is 19. The van der Waals surface area contributed by atoms with Crippen LogP contribution in [0.2, 0.25) is 0 Å².